The van der Waals surface area contributed by atoms with Crippen LogP contribution in [0.3, 0.4) is 0 Å². The monoisotopic (exact) mass is 275 g/mol. The Kier molecular flexibility index (Phi) is 3.53. The van der Waals surface area contributed by atoms with E-state index in [1.165, 1.54) is 0 Å². The van der Waals surface area contributed by atoms with Crippen molar-refractivity contribution in [1.82, 2.24) is 5.32 Å². The quantitative estimate of drug-likeness (QED) is 0.899. The molecular weight excluding hydrogens is 258 g/mol. The third kappa shape index (κ3) is 2.82. The van der Waals surface area contributed by atoms with Crippen LogP contribution in [0.2, 0.25) is 0 Å². The van der Waals surface area contributed by atoms with Gasteiger partial charge >= 0.3 is 5.97 Å². The van der Waals surface area contributed by atoms with Crippen LogP contribution in [0.5, 0.6) is 0 Å². The molecule has 1 heterocycles. The molecule has 0 radical (unpaired) electrons. The van der Waals surface area contributed by atoms with Gasteiger partial charge in [0.05, 0.1) is 6.42 Å². The lowest BCUT2D eigenvalue weighted by Crippen LogP contribution is -2.45. The van der Waals surface area contributed by atoms with Gasteiger partial charge in [-0.05, 0) is 26.8 Å². The molecule has 0 unspecified atom stereocenters. The van der Waals surface area contributed by atoms with E-state index in [4.69, 9.17) is 9.52 Å². The standard InChI is InChI=1S/C15H17NO4/c1-9-10-6-4-5-7-11(10)20-13(9)14(19)16-15(2,3)8-12(17)18/h4-7H,8H2,1-3H3,(H,16,19)(H,17,18). The molecule has 0 spiro atoms. The third-order valence-electron chi connectivity index (χ3n) is 3.09. The molecule has 5 heteroatoms. The van der Waals surface area contributed by atoms with Gasteiger partial charge in [0.1, 0.15) is 5.58 Å². The maximum absolute atomic E-state index is 12.2. The van der Waals surface area contributed by atoms with Crippen LogP contribution in [0.15, 0.2) is 28.7 Å². The second kappa shape index (κ2) is 5.00. The summed E-state index contributed by atoms with van der Waals surface area (Å²) in [6.07, 6.45) is -0.155. The molecule has 1 aromatic carbocycles. The molecule has 0 aliphatic heterocycles. The van der Waals surface area contributed by atoms with Gasteiger partial charge in [0.25, 0.3) is 5.91 Å². The predicted molar refractivity (Wildman–Crippen MR) is 74.7 cm³/mol. The molecule has 0 saturated carbocycles. The number of aryl methyl sites for hydroxylation is 1. The summed E-state index contributed by atoms with van der Waals surface area (Å²) in [6.45, 7) is 5.14. The number of para-hydroxylation sites is 1. The largest absolute Gasteiger partial charge is 0.481 e. The van der Waals surface area contributed by atoms with Crippen molar-refractivity contribution >= 4 is 22.8 Å². The molecular formula is C15H17NO4. The molecule has 20 heavy (non-hydrogen) atoms. The van der Waals surface area contributed by atoms with Gasteiger partial charge in [0.2, 0.25) is 0 Å². The molecule has 2 N–H and O–H groups in total. The van der Waals surface area contributed by atoms with Gasteiger partial charge in [0, 0.05) is 16.5 Å². The fraction of sp³-hybridized carbons (Fsp3) is 0.333. The van der Waals surface area contributed by atoms with E-state index in [1.54, 1.807) is 19.9 Å². The molecule has 2 aromatic rings. The number of hydrogen-bond acceptors (Lipinski definition) is 3. The summed E-state index contributed by atoms with van der Waals surface area (Å²) < 4.78 is 5.55. The molecule has 5 nitrogen and oxygen atoms in total. The number of carboxylic acids is 1. The smallest absolute Gasteiger partial charge is 0.305 e. The highest BCUT2D eigenvalue weighted by atomic mass is 16.4. The summed E-state index contributed by atoms with van der Waals surface area (Å²) in [7, 11) is 0. The summed E-state index contributed by atoms with van der Waals surface area (Å²) in [6, 6.07) is 7.39. The third-order valence-corrected chi connectivity index (χ3v) is 3.09. The Morgan fingerprint density at radius 3 is 2.55 bits per heavy atom. The molecule has 106 valence electrons. The zero-order chi connectivity index (χ0) is 14.9. The molecule has 0 aliphatic carbocycles. The summed E-state index contributed by atoms with van der Waals surface area (Å²) in [5.41, 5.74) is 0.560. The fourth-order valence-electron chi connectivity index (χ4n) is 2.18. The summed E-state index contributed by atoms with van der Waals surface area (Å²) >= 11 is 0. The maximum atomic E-state index is 12.2. The molecule has 0 fully saturated rings. The number of nitrogens with one attached hydrogen (secondary N) is 1. The van der Waals surface area contributed by atoms with E-state index in [-0.39, 0.29) is 12.2 Å². The second-order valence-electron chi connectivity index (χ2n) is 5.46. The minimum absolute atomic E-state index is 0.155. The number of carbonyl (C=O) groups is 2. The molecule has 2 rings (SSSR count). The topological polar surface area (TPSA) is 79.5 Å². The van der Waals surface area contributed by atoms with Gasteiger partial charge in [-0.1, -0.05) is 18.2 Å². The van der Waals surface area contributed by atoms with Crippen LogP contribution < -0.4 is 5.32 Å². The van der Waals surface area contributed by atoms with Crippen LogP contribution in [0, 0.1) is 6.92 Å². The van der Waals surface area contributed by atoms with E-state index in [9.17, 15) is 9.59 Å². The minimum atomic E-state index is -0.961. The first-order valence-corrected chi connectivity index (χ1v) is 6.32. The molecule has 0 saturated heterocycles. The van der Waals surface area contributed by atoms with E-state index >= 15 is 0 Å². The summed E-state index contributed by atoms with van der Waals surface area (Å²) in [5, 5.41) is 12.4. The van der Waals surface area contributed by atoms with E-state index in [0.29, 0.717) is 5.58 Å². The van der Waals surface area contributed by atoms with Crippen molar-refractivity contribution in [2.45, 2.75) is 32.7 Å². The number of carboxylic acid groups (broad SMARTS) is 1. The Balaban J connectivity index is 2.28. The Bertz CT molecular complexity index is 670. The van der Waals surface area contributed by atoms with Crippen molar-refractivity contribution in [1.29, 1.82) is 0 Å². The van der Waals surface area contributed by atoms with Crippen LogP contribution in [-0.4, -0.2) is 22.5 Å². The van der Waals surface area contributed by atoms with Crippen LogP contribution in [0.25, 0.3) is 11.0 Å². The highest BCUT2D eigenvalue weighted by Gasteiger charge is 2.27. The van der Waals surface area contributed by atoms with Crippen LogP contribution in [-0.2, 0) is 4.79 Å². The first-order chi connectivity index (χ1) is 9.30. The molecule has 1 amide bonds. The Morgan fingerprint density at radius 1 is 1.30 bits per heavy atom. The summed E-state index contributed by atoms with van der Waals surface area (Å²) in [5.74, 6) is -1.13. The average Bonchev–Trinajstić information content (AvgIpc) is 2.65. The average molecular weight is 275 g/mol. The molecule has 0 aliphatic rings. The first-order valence-electron chi connectivity index (χ1n) is 6.32. The SMILES string of the molecule is Cc1c(C(=O)NC(C)(C)CC(=O)O)oc2ccccc12. The molecule has 1 aromatic heterocycles. The van der Waals surface area contributed by atoms with E-state index in [1.807, 2.05) is 25.1 Å². The number of carbonyl (C=O) groups excluding carboxylic acids is 1. The normalized spacial score (nSPS) is 11.6. The van der Waals surface area contributed by atoms with Gasteiger partial charge < -0.3 is 14.8 Å². The van der Waals surface area contributed by atoms with E-state index in [0.717, 1.165) is 10.9 Å². The van der Waals surface area contributed by atoms with Crippen molar-refractivity contribution in [2.24, 2.45) is 0 Å². The molecule has 0 atom stereocenters. The van der Waals surface area contributed by atoms with E-state index < -0.39 is 17.4 Å². The fourth-order valence-corrected chi connectivity index (χ4v) is 2.18. The predicted octanol–water partition coefficient (Wildman–Crippen LogP) is 2.72. The van der Waals surface area contributed by atoms with Crippen LogP contribution in [0.4, 0.5) is 0 Å². The Labute approximate surface area is 116 Å². The van der Waals surface area contributed by atoms with Crippen molar-refractivity contribution in [3.63, 3.8) is 0 Å². The lowest BCUT2D eigenvalue weighted by Gasteiger charge is -2.23. The van der Waals surface area contributed by atoms with Gasteiger partial charge in [0.15, 0.2) is 5.76 Å². The highest BCUT2D eigenvalue weighted by molar-refractivity contribution is 5.99. The number of benzene rings is 1. The second-order valence-corrected chi connectivity index (χ2v) is 5.46. The number of rotatable bonds is 4. The lowest BCUT2D eigenvalue weighted by molar-refractivity contribution is -0.138. The van der Waals surface area contributed by atoms with Crippen molar-refractivity contribution in [2.75, 3.05) is 0 Å². The van der Waals surface area contributed by atoms with Gasteiger partial charge in [-0.25, -0.2) is 0 Å². The van der Waals surface area contributed by atoms with Crippen molar-refractivity contribution in [3.8, 4) is 0 Å². The van der Waals surface area contributed by atoms with Crippen LogP contribution in [0.1, 0.15) is 36.4 Å². The van der Waals surface area contributed by atoms with Crippen molar-refractivity contribution < 1.29 is 19.1 Å². The Hall–Kier alpha value is -2.30. The highest BCUT2D eigenvalue weighted by Crippen LogP contribution is 2.25. The zero-order valence-corrected chi connectivity index (χ0v) is 11.7. The van der Waals surface area contributed by atoms with Gasteiger partial charge in [-0.15, -0.1) is 0 Å². The summed E-state index contributed by atoms with van der Waals surface area (Å²) in [4.78, 5) is 23.0. The van der Waals surface area contributed by atoms with Crippen molar-refractivity contribution in [3.05, 3.63) is 35.6 Å². The first kappa shape index (κ1) is 14.1. The zero-order valence-electron chi connectivity index (χ0n) is 11.7. The van der Waals surface area contributed by atoms with Gasteiger partial charge in [-0.2, -0.15) is 0 Å². The van der Waals surface area contributed by atoms with E-state index in [2.05, 4.69) is 5.32 Å². The lowest BCUT2D eigenvalue weighted by atomic mass is 10.0. The molecule has 0 bridgehead atoms. The number of furan rings is 1. The number of amides is 1. The maximum Gasteiger partial charge on any atom is 0.305 e. The number of aliphatic carboxylic acids is 1. The van der Waals surface area contributed by atoms with Crippen LogP contribution >= 0.6 is 0 Å². The van der Waals surface area contributed by atoms with Gasteiger partial charge in [-0.3, -0.25) is 9.59 Å². The Morgan fingerprint density at radius 2 is 1.95 bits per heavy atom. The number of fused-ring (bicyclic) bond motifs is 1. The number of hydrogen-bond donors (Lipinski definition) is 2. The minimum Gasteiger partial charge on any atom is -0.481 e.